The lowest BCUT2D eigenvalue weighted by Gasteiger charge is -2.18. The Bertz CT molecular complexity index is 874. The van der Waals surface area contributed by atoms with E-state index in [9.17, 15) is 4.79 Å². The van der Waals surface area contributed by atoms with Gasteiger partial charge in [0.25, 0.3) is 0 Å². The Morgan fingerprint density at radius 1 is 1.48 bits per heavy atom. The number of likely N-dealkylation sites (N-methyl/N-ethyl adjacent to an activating group) is 1. The highest BCUT2D eigenvalue weighted by molar-refractivity contribution is 8.15. The van der Waals surface area contributed by atoms with Crippen molar-refractivity contribution in [1.82, 2.24) is 20.3 Å². The van der Waals surface area contributed by atoms with Crippen molar-refractivity contribution in [2.24, 2.45) is 15.2 Å². The normalized spacial score (nSPS) is 21.2. The fraction of sp³-hybridized carbons (Fsp3) is 0.421. The molecule has 29 heavy (non-hydrogen) atoms. The van der Waals surface area contributed by atoms with Gasteiger partial charge in [0.15, 0.2) is 6.29 Å². The Morgan fingerprint density at radius 3 is 3.00 bits per heavy atom. The molecule has 0 spiro atoms. The number of fused-ring (bicyclic) bond motifs is 1. The van der Waals surface area contributed by atoms with Crippen molar-refractivity contribution >= 4 is 47.4 Å². The van der Waals surface area contributed by atoms with Crippen LogP contribution in [0.15, 0.2) is 44.1 Å². The molecular weight excluding hydrogens is 406 g/mol. The molecule has 0 saturated carbocycles. The molecule has 2 aliphatic heterocycles. The summed E-state index contributed by atoms with van der Waals surface area (Å²) in [6.07, 6.45) is 8.12. The number of aldehydes is 1. The van der Waals surface area contributed by atoms with Gasteiger partial charge in [0.2, 0.25) is 0 Å². The molecular formula is C19H25N7OS2. The molecule has 1 N–H and O–H groups in total. The second-order valence-electron chi connectivity index (χ2n) is 6.69. The zero-order valence-corrected chi connectivity index (χ0v) is 18.4. The van der Waals surface area contributed by atoms with Gasteiger partial charge >= 0.3 is 0 Å². The summed E-state index contributed by atoms with van der Waals surface area (Å²) in [5.74, 6) is 0. The summed E-state index contributed by atoms with van der Waals surface area (Å²) in [6.45, 7) is 5.98. The van der Waals surface area contributed by atoms with Crippen LogP contribution >= 0.6 is 23.1 Å². The average Bonchev–Trinajstić information content (AvgIpc) is 3.36. The number of aryl methyl sites for hydroxylation is 1. The number of hydrazone groups is 2. The zero-order chi connectivity index (χ0) is 20.8. The van der Waals surface area contributed by atoms with Gasteiger partial charge in [-0.3, -0.25) is 20.2 Å². The molecule has 2 unspecified atom stereocenters. The van der Waals surface area contributed by atoms with Crippen LogP contribution in [-0.2, 0) is 11.3 Å². The first kappa shape index (κ1) is 21.3. The number of allylic oxidation sites excluding steroid dienone is 2. The van der Waals surface area contributed by atoms with Crippen LogP contribution in [0.5, 0.6) is 0 Å². The second kappa shape index (κ2) is 9.84. The minimum Gasteiger partial charge on any atom is -0.349 e. The van der Waals surface area contributed by atoms with Crippen molar-refractivity contribution in [1.29, 1.82) is 0 Å². The van der Waals surface area contributed by atoms with E-state index in [0.29, 0.717) is 12.2 Å². The average molecular weight is 432 g/mol. The van der Waals surface area contributed by atoms with Crippen molar-refractivity contribution in [3.63, 3.8) is 0 Å². The highest BCUT2D eigenvalue weighted by Gasteiger charge is 2.42. The number of hydrogen-bond acceptors (Lipinski definition) is 10. The molecule has 8 nitrogen and oxygen atoms in total. The van der Waals surface area contributed by atoms with E-state index in [-0.39, 0.29) is 11.4 Å². The van der Waals surface area contributed by atoms with Crippen LogP contribution in [0.1, 0.15) is 23.5 Å². The lowest BCUT2D eigenvalue weighted by Crippen LogP contribution is -2.28. The molecule has 0 radical (unpaired) electrons. The summed E-state index contributed by atoms with van der Waals surface area (Å²) in [5.41, 5.74) is 5.26. The molecule has 0 aliphatic carbocycles. The number of carbonyl (C=O) groups is 1. The van der Waals surface area contributed by atoms with Crippen LogP contribution < -0.4 is 5.43 Å². The van der Waals surface area contributed by atoms with Gasteiger partial charge in [-0.15, -0.1) is 11.3 Å². The van der Waals surface area contributed by atoms with Gasteiger partial charge in [-0.2, -0.15) is 10.2 Å². The zero-order valence-electron chi connectivity index (χ0n) is 16.8. The van der Waals surface area contributed by atoms with E-state index in [4.69, 9.17) is 4.99 Å². The predicted octanol–water partition coefficient (Wildman–Crippen LogP) is 2.61. The molecule has 1 aromatic heterocycles. The molecule has 0 fully saturated rings. The maximum absolute atomic E-state index is 11.7. The van der Waals surface area contributed by atoms with E-state index in [0.717, 1.165) is 40.4 Å². The second-order valence-corrected chi connectivity index (χ2v) is 8.97. The first-order valence-corrected chi connectivity index (χ1v) is 11.0. The summed E-state index contributed by atoms with van der Waals surface area (Å²) in [7, 11) is 3.82. The number of thiazole rings is 1. The first-order valence-electron chi connectivity index (χ1n) is 9.21. The third-order valence-electron chi connectivity index (χ3n) is 4.56. The Morgan fingerprint density at radius 2 is 2.31 bits per heavy atom. The summed E-state index contributed by atoms with van der Waals surface area (Å²) in [5, 5.41) is 14.2. The largest absolute Gasteiger partial charge is 0.349 e. The van der Waals surface area contributed by atoms with Gasteiger partial charge in [0.05, 0.1) is 39.5 Å². The molecule has 0 aromatic carbocycles. The van der Waals surface area contributed by atoms with Crippen molar-refractivity contribution < 1.29 is 4.79 Å². The topological polar surface area (TPSA) is 85.5 Å². The van der Waals surface area contributed by atoms with Crippen LogP contribution in [0.2, 0.25) is 0 Å². The molecule has 3 heterocycles. The SMILES string of the molecule is C=NN/C=C\CCC1=NC2C(S1)C(/C=N\N(C)Cc1csc(C)n1)=C(C=O)N2C. The van der Waals surface area contributed by atoms with Crippen LogP contribution in [-0.4, -0.2) is 64.7 Å². The maximum atomic E-state index is 11.7. The van der Waals surface area contributed by atoms with Crippen molar-refractivity contribution in [2.45, 2.75) is 37.7 Å². The van der Waals surface area contributed by atoms with Crippen molar-refractivity contribution in [3.05, 3.63) is 39.6 Å². The number of aliphatic imine (C=N–C) groups is 1. The van der Waals surface area contributed by atoms with E-state index in [1.54, 1.807) is 35.5 Å². The Hall–Kier alpha value is -2.46. The quantitative estimate of drug-likeness (QED) is 0.348. The maximum Gasteiger partial charge on any atom is 0.166 e. The van der Waals surface area contributed by atoms with Crippen LogP contribution in [0, 0.1) is 6.92 Å². The van der Waals surface area contributed by atoms with Crippen LogP contribution in [0.3, 0.4) is 0 Å². The van der Waals surface area contributed by atoms with Gasteiger partial charge in [0, 0.05) is 38.0 Å². The van der Waals surface area contributed by atoms with E-state index in [2.05, 4.69) is 27.3 Å². The molecule has 0 saturated heterocycles. The lowest BCUT2D eigenvalue weighted by atomic mass is 10.2. The van der Waals surface area contributed by atoms with Gasteiger partial charge in [-0.25, -0.2) is 4.98 Å². The van der Waals surface area contributed by atoms with Crippen LogP contribution in [0.4, 0.5) is 0 Å². The standard InChI is InChI=1S/C19H25N7OS2/c1-13-23-14(12-28-13)10-25(3)22-9-15-16(11-27)26(4)19-18(15)29-17(24-19)7-5-6-8-21-20-2/h6,8-9,11-12,18-19,21H,2,5,7,10H2,1,3-4H3/b8-6-,22-9-. The number of rotatable bonds is 10. The number of nitrogens with one attached hydrogen (secondary N) is 1. The van der Waals surface area contributed by atoms with E-state index in [1.165, 1.54) is 0 Å². The highest BCUT2D eigenvalue weighted by atomic mass is 32.2. The van der Waals surface area contributed by atoms with Gasteiger partial charge in [-0.1, -0.05) is 17.8 Å². The Kier molecular flexibility index (Phi) is 7.21. The number of thioether (sulfide) groups is 1. The predicted molar refractivity (Wildman–Crippen MR) is 121 cm³/mol. The first-order chi connectivity index (χ1) is 14.0. The summed E-state index contributed by atoms with van der Waals surface area (Å²) < 4.78 is 0. The molecule has 154 valence electrons. The van der Waals surface area contributed by atoms with Gasteiger partial charge in [-0.05, 0) is 19.8 Å². The highest BCUT2D eigenvalue weighted by Crippen LogP contribution is 2.41. The summed E-state index contributed by atoms with van der Waals surface area (Å²) in [4.78, 5) is 22.9. The lowest BCUT2D eigenvalue weighted by molar-refractivity contribution is -0.106. The molecule has 2 aliphatic rings. The van der Waals surface area contributed by atoms with Gasteiger partial charge in [0.1, 0.15) is 6.17 Å². The number of carbonyl (C=O) groups excluding carboxylic acids is 1. The minimum absolute atomic E-state index is 0.0555. The van der Waals surface area contributed by atoms with E-state index >= 15 is 0 Å². The number of hydrogen-bond donors (Lipinski definition) is 1. The van der Waals surface area contributed by atoms with Gasteiger partial charge < -0.3 is 4.90 Å². The molecule has 1 aromatic rings. The Balaban J connectivity index is 1.64. The molecule has 2 atom stereocenters. The van der Waals surface area contributed by atoms with Crippen LogP contribution in [0.25, 0.3) is 0 Å². The molecule has 3 rings (SSSR count). The molecule has 0 amide bonds. The van der Waals surface area contributed by atoms with Crippen molar-refractivity contribution in [3.8, 4) is 0 Å². The number of nitrogens with zero attached hydrogens (tertiary/aromatic N) is 6. The smallest absolute Gasteiger partial charge is 0.166 e. The van der Waals surface area contributed by atoms with E-state index < -0.39 is 0 Å². The third-order valence-corrected chi connectivity index (χ3v) is 6.72. The minimum atomic E-state index is -0.0555. The molecule has 10 heteroatoms. The fourth-order valence-electron chi connectivity index (χ4n) is 3.19. The van der Waals surface area contributed by atoms with Crippen molar-refractivity contribution in [2.75, 3.05) is 14.1 Å². The third kappa shape index (κ3) is 5.13. The summed E-state index contributed by atoms with van der Waals surface area (Å²) >= 11 is 3.35. The number of aromatic nitrogens is 1. The summed E-state index contributed by atoms with van der Waals surface area (Å²) in [6, 6.07) is 0. The monoisotopic (exact) mass is 431 g/mol. The molecule has 0 bridgehead atoms. The fourth-order valence-corrected chi connectivity index (χ4v) is 5.16. The Labute approximate surface area is 179 Å². The van der Waals surface area contributed by atoms with E-state index in [1.807, 2.05) is 42.4 Å².